The molecule has 0 bridgehead atoms. The number of amides is 1. The second-order valence-electron chi connectivity index (χ2n) is 7.71. The first-order valence-electron chi connectivity index (χ1n) is 10.2. The van der Waals surface area contributed by atoms with Gasteiger partial charge in [-0.25, -0.2) is 18.4 Å². The van der Waals surface area contributed by atoms with Crippen LogP contribution in [-0.4, -0.2) is 29.8 Å². The number of nitrogens with one attached hydrogen (secondary N) is 1. The third-order valence-corrected chi connectivity index (χ3v) is 5.84. The predicted molar refractivity (Wildman–Crippen MR) is 114 cm³/mol. The number of hydrogen-bond acceptors (Lipinski definition) is 3. The van der Waals surface area contributed by atoms with Crippen LogP contribution in [0.4, 0.5) is 13.6 Å². The van der Waals surface area contributed by atoms with E-state index in [-0.39, 0.29) is 12.5 Å². The van der Waals surface area contributed by atoms with Crippen molar-refractivity contribution in [3.05, 3.63) is 95.1 Å². The maximum absolute atomic E-state index is 14.1. The maximum Gasteiger partial charge on any atom is 0.407 e. The highest BCUT2D eigenvalue weighted by atomic mass is 19.1. The van der Waals surface area contributed by atoms with Crippen LogP contribution in [0.15, 0.2) is 66.7 Å². The Bertz CT molecular complexity index is 1110. The lowest BCUT2D eigenvalue weighted by Gasteiger charge is -2.23. The molecular weight excluding hydrogens is 416 g/mol. The summed E-state index contributed by atoms with van der Waals surface area (Å²) in [5, 5.41) is 11.8. The van der Waals surface area contributed by atoms with Crippen molar-refractivity contribution in [2.45, 2.75) is 24.8 Å². The number of halogens is 2. The number of aliphatic carboxylic acids is 1. The molecule has 7 heteroatoms. The molecule has 2 N–H and O–H groups in total. The van der Waals surface area contributed by atoms with Gasteiger partial charge in [0, 0.05) is 17.4 Å². The molecule has 0 saturated carbocycles. The Labute approximate surface area is 183 Å². The van der Waals surface area contributed by atoms with Crippen LogP contribution < -0.4 is 5.32 Å². The third kappa shape index (κ3) is 3.93. The van der Waals surface area contributed by atoms with Crippen LogP contribution in [-0.2, 0) is 9.53 Å². The summed E-state index contributed by atoms with van der Waals surface area (Å²) >= 11 is 0. The molecule has 164 valence electrons. The zero-order valence-electron chi connectivity index (χ0n) is 17.2. The smallest absolute Gasteiger partial charge is 0.407 e. The molecule has 0 saturated heterocycles. The predicted octanol–water partition coefficient (Wildman–Crippen LogP) is 5.06. The number of ether oxygens (including phenoxy) is 1. The van der Waals surface area contributed by atoms with Gasteiger partial charge >= 0.3 is 12.1 Å². The minimum absolute atomic E-state index is 0.00532. The van der Waals surface area contributed by atoms with Crippen molar-refractivity contribution < 1.29 is 28.2 Å². The monoisotopic (exact) mass is 437 g/mol. The van der Waals surface area contributed by atoms with Gasteiger partial charge in [-0.15, -0.1) is 0 Å². The Kier molecular flexibility index (Phi) is 5.90. The molecule has 0 spiro atoms. The van der Waals surface area contributed by atoms with E-state index in [9.17, 15) is 23.5 Å². The van der Waals surface area contributed by atoms with Crippen LogP contribution in [0.2, 0.25) is 0 Å². The van der Waals surface area contributed by atoms with Crippen molar-refractivity contribution in [1.29, 1.82) is 0 Å². The highest BCUT2D eigenvalue weighted by molar-refractivity contribution is 5.82. The van der Waals surface area contributed by atoms with E-state index in [2.05, 4.69) is 5.32 Å². The average Bonchev–Trinajstić information content (AvgIpc) is 3.09. The van der Waals surface area contributed by atoms with Gasteiger partial charge < -0.3 is 15.2 Å². The zero-order valence-corrected chi connectivity index (χ0v) is 17.2. The van der Waals surface area contributed by atoms with E-state index in [1.807, 2.05) is 48.5 Å². The largest absolute Gasteiger partial charge is 0.480 e. The molecule has 0 aromatic heterocycles. The van der Waals surface area contributed by atoms with E-state index in [0.717, 1.165) is 34.4 Å². The van der Waals surface area contributed by atoms with Crippen molar-refractivity contribution in [3.63, 3.8) is 0 Å². The second kappa shape index (κ2) is 8.78. The molecule has 2 atom stereocenters. The molecule has 1 aliphatic rings. The summed E-state index contributed by atoms with van der Waals surface area (Å²) in [6.45, 7) is 1.33. The number of carboxylic acid groups (broad SMARTS) is 1. The molecule has 4 rings (SSSR count). The van der Waals surface area contributed by atoms with Gasteiger partial charge in [0.25, 0.3) is 0 Å². The van der Waals surface area contributed by atoms with Crippen LogP contribution in [0.3, 0.4) is 0 Å². The van der Waals surface area contributed by atoms with Crippen molar-refractivity contribution in [2.24, 2.45) is 0 Å². The third-order valence-electron chi connectivity index (χ3n) is 5.84. The Morgan fingerprint density at radius 3 is 2.00 bits per heavy atom. The highest BCUT2D eigenvalue weighted by Crippen LogP contribution is 2.44. The fourth-order valence-corrected chi connectivity index (χ4v) is 4.28. The van der Waals surface area contributed by atoms with Crippen molar-refractivity contribution in [1.82, 2.24) is 5.32 Å². The van der Waals surface area contributed by atoms with Gasteiger partial charge in [-0.3, -0.25) is 0 Å². The van der Waals surface area contributed by atoms with Gasteiger partial charge in [-0.05, 0) is 34.4 Å². The fourth-order valence-electron chi connectivity index (χ4n) is 4.28. The Morgan fingerprint density at radius 1 is 0.938 bits per heavy atom. The number of fused-ring (bicyclic) bond motifs is 3. The van der Waals surface area contributed by atoms with Crippen LogP contribution in [0.1, 0.15) is 35.4 Å². The van der Waals surface area contributed by atoms with Crippen LogP contribution in [0.5, 0.6) is 0 Å². The van der Waals surface area contributed by atoms with E-state index in [0.29, 0.717) is 0 Å². The van der Waals surface area contributed by atoms with E-state index < -0.39 is 41.2 Å². The average molecular weight is 437 g/mol. The van der Waals surface area contributed by atoms with E-state index >= 15 is 0 Å². The highest BCUT2D eigenvalue weighted by Gasteiger charge is 2.33. The number of carboxylic acids is 1. The normalized spacial score (nSPS) is 14.2. The number of alkyl carbamates (subject to hydrolysis) is 1. The van der Waals surface area contributed by atoms with Crippen LogP contribution in [0.25, 0.3) is 11.1 Å². The first-order chi connectivity index (χ1) is 15.4. The lowest BCUT2D eigenvalue weighted by Crippen LogP contribution is -2.45. The molecule has 32 heavy (non-hydrogen) atoms. The molecule has 0 unspecified atom stereocenters. The Morgan fingerprint density at radius 2 is 1.47 bits per heavy atom. The van der Waals surface area contributed by atoms with Gasteiger partial charge in [-0.2, -0.15) is 0 Å². The number of rotatable bonds is 6. The van der Waals surface area contributed by atoms with E-state index in [1.165, 1.54) is 13.0 Å². The van der Waals surface area contributed by atoms with Gasteiger partial charge in [0.15, 0.2) is 0 Å². The number of carbonyl (C=O) groups excluding carboxylic acids is 1. The lowest BCUT2D eigenvalue weighted by molar-refractivity contribution is -0.139. The van der Waals surface area contributed by atoms with Crippen molar-refractivity contribution >= 4 is 12.1 Å². The van der Waals surface area contributed by atoms with E-state index in [4.69, 9.17) is 4.74 Å². The topological polar surface area (TPSA) is 75.6 Å². The summed E-state index contributed by atoms with van der Waals surface area (Å²) in [4.78, 5) is 24.2. The quantitative estimate of drug-likeness (QED) is 0.565. The van der Waals surface area contributed by atoms with Crippen molar-refractivity contribution in [3.8, 4) is 11.1 Å². The minimum Gasteiger partial charge on any atom is -0.480 e. The van der Waals surface area contributed by atoms with Gasteiger partial charge in [0.2, 0.25) is 0 Å². The summed E-state index contributed by atoms with van der Waals surface area (Å²) in [7, 11) is 0. The molecular formula is C25H21F2NO4. The first-order valence-corrected chi connectivity index (χ1v) is 10.2. The van der Waals surface area contributed by atoms with Gasteiger partial charge in [-0.1, -0.05) is 61.5 Å². The molecule has 0 radical (unpaired) electrons. The number of benzene rings is 3. The second-order valence-corrected chi connectivity index (χ2v) is 7.71. The molecule has 0 aliphatic heterocycles. The standard InChI is InChI=1S/C25H21F2NO4/c1-14(22-20(26)11-6-12-21(22)27)23(24(29)30)28-25(31)32-13-19-17-9-4-2-7-15(17)16-8-3-5-10-18(16)19/h2-12,14,19,23H,13H2,1H3,(H,28,31)(H,29,30)/t14-,23+/m1/s1. The Hall–Kier alpha value is -3.74. The summed E-state index contributed by atoms with van der Waals surface area (Å²) in [5.74, 6) is -4.53. The minimum atomic E-state index is -1.57. The van der Waals surface area contributed by atoms with Gasteiger partial charge in [0.1, 0.15) is 24.3 Å². The summed E-state index contributed by atoms with van der Waals surface area (Å²) in [5.41, 5.74) is 3.74. The summed E-state index contributed by atoms with van der Waals surface area (Å²) in [6, 6.07) is 17.3. The molecule has 0 fully saturated rings. The SMILES string of the molecule is C[C@H](c1c(F)cccc1F)[C@H](NC(=O)OCC1c2ccccc2-c2ccccc21)C(=O)O. The van der Waals surface area contributed by atoms with Gasteiger partial charge in [0.05, 0.1) is 0 Å². The maximum atomic E-state index is 14.1. The van der Waals surface area contributed by atoms with E-state index in [1.54, 1.807) is 0 Å². The zero-order chi connectivity index (χ0) is 22.8. The molecule has 0 heterocycles. The fraction of sp³-hybridized carbons (Fsp3) is 0.200. The van der Waals surface area contributed by atoms with Crippen LogP contribution >= 0.6 is 0 Å². The first kappa shape index (κ1) is 21.5. The molecule has 5 nitrogen and oxygen atoms in total. The Balaban J connectivity index is 1.49. The number of hydrogen-bond donors (Lipinski definition) is 2. The molecule has 3 aromatic carbocycles. The van der Waals surface area contributed by atoms with Crippen LogP contribution in [0, 0.1) is 11.6 Å². The number of carbonyl (C=O) groups is 2. The lowest BCUT2D eigenvalue weighted by atomic mass is 9.92. The summed E-state index contributed by atoms with van der Waals surface area (Å²) < 4.78 is 33.6. The molecule has 1 aliphatic carbocycles. The summed E-state index contributed by atoms with van der Waals surface area (Å²) in [6.07, 6.45) is -0.970. The molecule has 1 amide bonds. The van der Waals surface area contributed by atoms with Crippen molar-refractivity contribution in [2.75, 3.05) is 6.61 Å². The molecule has 3 aromatic rings.